The Labute approximate surface area is 112 Å². The largest absolute Gasteiger partial charge is 0.481 e. The van der Waals surface area contributed by atoms with Crippen LogP contribution in [0, 0.1) is 0 Å². The molecule has 1 aromatic rings. The Kier molecular flexibility index (Phi) is 5.14. The van der Waals surface area contributed by atoms with Crippen molar-refractivity contribution in [3.63, 3.8) is 0 Å². The number of nitrogens with zero attached hydrogens (tertiary/aromatic N) is 1. The minimum absolute atomic E-state index is 0.0368. The third-order valence-corrected chi connectivity index (χ3v) is 3.92. The fourth-order valence-corrected chi connectivity index (χ4v) is 2.74. The van der Waals surface area contributed by atoms with Gasteiger partial charge in [0.15, 0.2) is 0 Å². The molecule has 0 aromatic carbocycles. The first-order chi connectivity index (χ1) is 7.95. The molecule has 0 bridgehead atoms. The second-order valence-corrected chi connectivity index (χ2v) is 5.97. The smallest absolute Gasteiger partial charge is 0.305 e. The molecule has 0 aliphatic carbocycles. The predicted molar refractivity (Wildman–Crippen MR) is 70.4 cm³/mol. The normalized spacial score (nSPS) is 12.2. The maximum absolute atomic E-state index is 12.1. The Morgan fingerprint density at radius 1 is 1.59 bits per heavy atom. The minimum atomic E-state index is -0.893. The van der Waals surface area contributed by atoms with Crippen molar-refractivity contribution in [1.82, 2.24) is 4.90 Å². The molecule has 1 unspecified atom stereocenters. The number of carboxylic acids is 1. The van der Waals surface area contributed by atoms with Gasteiger partial charge >= 0.3 is 5.97 Å². The zero-order valence-electron chi connectivity index (χ0n) is 9.64. The lowest BCUT2D eigenvalue weighted by Gasteiger charge is -2.26. The highest BCUT2D eigenvalue weighted by Crippen LogP contribution is 2.22. The van der Waals surface area contributed by atoms with Gasteiger partial charge in [-0.05, 0) is 35.8 Å². The summed E-state index contributed by atoms with van der Waals surface area (Å²) in [5.74, 6) is -1.02. The number of aliphatic carboxylic acids is 1. The molecule has 0 aliphatic rings. The fourth-order valence-electron chi connectivity index (χ4n) is 1.61. The summed E-state index contributed by atoms with van der Waals surface area (Å²) in [6, 6.07) is 1.45. The van der Waals surface area contributed by atoms with Crippen LogP contribution >= 0.6 is 27.3 Å². The van der Waals surface area contributed by atoms with Gasteiger partial charge in [-0.1, -0.05) is 0 Å². The van der Waals surface area contributed by atoms with E-state index in [4.69, 9.17) is 5.11 Å². The lowest BCUT2D eigenvalue weighted by Crippen LogP contribution is -2.39. The van der Waals surface area contributed by atoms with E-state index in [1.807, 2.05) is 6.92 Å². The van der Waals surface area contributed by atoms with Crippen LogP contribution in [-0.4, -0.2) is 34.5 Å². The molecule has 94 valence electrons. The van der Waals surface area contributed by atoms with Crippen molar-refractivity contribution in [2.75, 3.05) is 6.54 Å². The zero-order valence-corrected chi connectivity index (χ0v) is 12.0. The molecular formula is C11H14BrNO3S. The van der Waals surface area contributed by atoms with E-state index >= 15 is 0 Å². The monoisotopic (exact) mass is 319 g/mol. The standard InChI is InChI=1S/C11H14BrNO3S/c1-3-13(7(2)4-10(14)15)11(16)8-5-9(12)17-6-8/h5-7H,3-4H2,1-2H3,(H,14,15). The van der Waals surface area contributed by atoms with Crippen molar-refractivity contribution in [3.8, 4) is 0 Å². The Bertz CT molecular complexity index is 419. The molecule has 0 spiro atoms. The van der Waals surface area contributed by atoms with Crippen LogP contribution < -0.4 is 0 Å². The second kappa shape index (κ2) is 6.16. The molecule has 0 saturated carbocycles. The van der Waals surface area contributed by atoms with Gasteiger partial charge in [0.05, 0.1) is 15.8 Å². The minimum Gasteiger partial charge on any atom is -0.481 e. The maximum Gasteiger partial charge on any atom is 0.305 e. The third-order valence-electron chi connectivity index (χ3n) is 2.42. The van der Waals surface area contributed by atoms with Gasteiger partial charge in [-0.15, -0.1) is 11.3 Å². The number of halogens is 1. The number of hydrogen-bond donors (Lipinski definition) is 1. The van der Waals surface area contributed by atoms with Crippen LogP contribution in [0.5, 0.6) is 0 Å². The Hall–Kier alpha value is -0.880. The van der Waals surface area contributed by atoms with Crippen molar-refractivity contribution in [2.24, 2.45) is 0 Å². The SMILES string of the molecule is CCN(C(=O)c1csc(Br)c1)C(C)CC(=O)O. The van der Waals surface area contributed by atoms with Crippen LogP contribution in [0.25, 0.3) is 0 Å². The number of thiophene rings is 1. The van der Waals surface area contributed by atoms with E-state index in [2.05, 4.69) is 15.9 Å². The third kappa shape index (κ3) is 3.81. The van der Waals surface area contributed by atoms with Gasteiger partial charge in [-0.2, -0.15) is 0 Å². The summed E-state index contributed by atoms with van der Waals surface area (Å²) in [7, 11) is 0. The Morgan fingerprint density at radius 2 is 2.24 bits per heavy atom. The van der Waals surface area contributed by atoms with Gasteiger partial charge in [0.1, 0.15) is 0 Å². The van der Waals surface area contributed by atoms with Crippen LogP contribution in [0.1, 0.15) is 30.6 Å². The first-order valence-electron chi connectivity index (χ1n) is 5.22. The molecular weight excluding hydrogens is 306 g/mol. The van der Waals surface area contributed by atoms with Gasteiger partial charge in [-0.25, -0.2) is 0 Å². The van der Waals surface area contributed by atoms with E-state index in [0.29, 0.717) is 12.1 Å². The quantitative estimate of drug-likeness (QED) is 0.907. The first kappa shape index (κ1) is 14.2. The molecule has 1 atom stereocenters. The van der Waals surface area contributed by atoms with E-state index in [-0.39, 0.29) is 18.4 Å². The summed E-state index contributed by atoms with van der Waals surface area (Å²) in [5, 5.41) is 10.5. The summed E-state index contributed by atoms with van der Waals surface area (Å²) in [4.78, 5) is 24.4. The summed E-state index contributed by atoms with van der Waals surface area (Å²) in [6.07, 6.45) is -0.0368. The second-order valence-electron chi connectivity index (χ2n) is 3.68. The van der Waals surface area contributed by atoms with E-state index in [1.165, 1.54) is 11.3 Å². The molecule has 1 amide bonds. The van der Waals surface area contributed by atoms with Crippen LogP contribution in [0.15, 0.2) is 15.2 Å². The number of carboxylic acid groups (broad SMARTS) is 1. The highest BCUT2D eigenvalue weighted by Gasteiger charge is 2.22. The molecule has 1 N–H and O–H groups in total. The van der Waals surface area contributed by atoms with Crippen molar-refractivity contribution in [2.45, 2.75) is 26.3 Å². The number of hydrogen-bond acceptors (Lipinski definition) is 3. The summed E-state index contributed by atoms with van der Waals surface area (Å²) >= 11 is 4.74. The van der Waals surface area contributed by atoms with Gasteiger partial charge < -0.3 is 10.0 Å². The van der Waals surface area contributed by atoms with Crippen LogP contribution in [0.3, 0.4) is 0 Å². The van der Waals surface area contributed by atoms with Crippen LogP contribution in [0.4, 0.5) is 0 Å². The van der Waals surface area contributed by atoms with Gasteiger partial charge in [0, 0.05) is 18.0 Å². The Balaban J connectivity index is 2.80. The molecule has 0 aliphatic heterocycles. The van der Waals surface area contributed by atoms with Crippen LogP contribution in [-0.2, 0) is 4.79 Å². The zero-order chi connectivity index (χ0) is 13.0. The summed E-state index contributed by atoms with van der Waals surface area (Å²) < 4.78 is 0.891. The molecule has 4 nitrogen and oxygen atoms in total. The van der Waals surface area contributed by atoms with Gasteiger partial charge in [0.2, 0.25) is 0 Å². The summed E-state index contributed by atoms with van der Waals surface area (Å²) in [6.45, 7) is 4.09. The number of amides is 1. The average molecular weight is 320 g/mol. The van der Waals surface area contributed by atoms with Gasteiger partial charge in [0.25, 0.3) is 5.91 Å². The molecule has 1 rings (SSSR count). The van der Waals surface area contributed by atoms with E-state index < -0.39 is 5.97 Å². The fraction of sp³-hybridized carbons (Fsp3) is 0.455. The maximum atomic E-state index is 12.1. The molecule has 1 aromatic heterocycles. The van der Waals surface area contributed by atoms with E-state index in [1.54, 1.807) is 23.3 Å². The topological polar surface area (TPSA) is 57.6 Å². The van der Waals surface area contributed by atoms with Crippen LogP contribution in [0.2, 0.25) is 0 Å². The first-order valence-corrected chi connectivity index (χ1v) is 6.89. The molecule has 0 saturated heterocycles. The van der Waals surface area contributed by atoms with Crippen molar-refractivity contribution in [3.05, 3.63) is 20.8 Å². The molecule has 6 heteroatoms. The number of carbonyl (C=O) groups excluding carboxylic acids is 1. The lowest BCUT2D eigenvalue weighted by molar-refractivity contribution is -0.138. The molecule has 1 heterocycles. The molecule has 0 radical (unpaired) electrons. The Morgan fingerprint density at radius 3 is 2.65 bits per heavy atom. The highest BCUT2D eigenvalue weighted by atomic mass is 79.9. The highest BCUT2D eigenvalue weighted by molar-refractivity contribution is 9.11. The van der Waals surface area contributed by atoms with E-state index in [9.17, 15) is 9.59 Å². The summed E-state index contributed by atoms with van der Waals surface area (Å²) in [5.41, 5.74) is 0.598. The number of carbonyl (C=O) groups is 2. The molecule has 17 heavy (non-hydrogen) atoms. The average Bonchev–Trinajstić information content (AvgIpc) is 2.64. The molecule has 0 fully saturated rings. The van der Waals surface area contributed by atoms with Gasteiger partial charge in [-0.3, -0.25) is 9.59 Å². The van der Waals surface area contributed by atoms with Crippen molar-refractivity contribution in [1.29, 1.82) is 0 Å². The predicted octanol–water partition coefficient (Wildman–Crippen LogP) is 2.84. The lowest BCUT2D eigenvalue weighted by atomic mass is 10.1. The van der Waals surface area contributed by atoms with Crippen molar-refractivity contribution < 1.29 is 14.7 Å². The van der Waals surface area contributed by atoms with E-state index in [0.717, 1.165) is 3.79 Å². The number of rotatable bonds is 5. The van der Waals surface area contributed by atoms with Crippen molar-refractivity contribution >= 4 is 39.1 Å².